The van der Waals surface area contributed by atoms with E-state index in [0.717, 1.165) is 0 Å². The highest BCUT2D eigenvalue weighted by Gasteiger charge is 2.20. The largest absolute Gasteiger partial charge is 0.109 e. The Morgan fingerprint density at radius 3 is 1.71 bits per heavy atom. The average Bonchev–Trinajstić information content (AvgIpc) is 1.31. The molecule has 0 rings (SSSR count). The quantitative estimate of drug-likeness (QED) is 0.627. The normalized spacial score (nSPS) is 16.7. The summed E-state index contributed by atoms with van der Waals surface area (Å²) in [5, 5.41) is 0. The van der Waals surface area contributed by atoms with Crippen LogP contribution in [0.15, 0.2) is 0 Å². The molecule has 0 aliphatic rings. The maximum atomic E-state index is 5.62. The lowest BCUT2D eigenvalue weighted by atomic mass is 10.3. The van der Waals surface area contributed by atoms with Crippen molar-refractivity contribution in [3.8, 4) is 0 Å². The Kier molecular flexibility index (Phi) is 3.18. The molecular formula is C4H7Br2Cl. The van der Waals surface area contributed by atoms with Crippen LogP contribution in [0, 0.1) is 0 Å². The van der Waals surface area contributed by atoms with E-state index in [-0.39, 0.29) is 8.61 Å². The number of halogens is 3. The number of hydrogen-bond acceptors (Lipinski definition) is 0. The minimum atomic E-state index is -0.00540. The van der Waals surface area contributed by atoms with Gasteiger partial charge in [-0.3, -0.25) is 0 Å². The van der Waals surface area contributed by atoms with Crippen LogP contribution >= 0.6 is 43.5 Å². The molecule has 0 bridgehead atoms. The van der Waals surface area contributed by atoms with Crippen molar-refractivity contribution in [2.75, 3.05) is 0 Å². The summed E-state index contributed by atoms with van der Waals surface area (Å²) in [7, 11) is 0. The SMILES string of the molecule is CC(C)(Br)C(Cl)Br. The molecule has 0 aliphatic heterocycles. The molecule has 0 saturated heterocycles. The maximum Gasteiger partial charge on any atom is 0.103 e. The zero-order valence-electron chi connectivity index (χ0n) is 4.21. The minimum absolute atomic E-state index is 0.000000000000000222. The zero-order valence-corrected chi connectivity index (χ0v) is 8.14. The molecule has 7 heavy (non-hydrogen) atoms. The first-order valence-corrected chi connectivity index (χ1v) is 4.06. The minimum Gasteiger partial charge on any atom is -0.109 e. The van der Waals surface area contributed by atoms with Gasteiger partial charge in [0.05, 0.1) is 0 Å². The summed E-state index contributed by atoms with van der Waals surface area (Å²) >= 11 is 12.2. The molecule has 0 heterocycles. The lowest BCUT2D eigenvalue weighted by Gasteiger charge is -2.16. The number of hydrogen-bond donors (Lipinski definition) is 0. The second-order valence-electron chi connectivity index (χ2n) is 1.87. The van der Waals surface area contributed by atoms with Crippen LogP contribution in [0.3, 0.4) is 0 Å². The van der Waals surface area contributed by atoms with Crippen molar-refractivity contribution in [2.45, 2.75) is 22.5 Å². The summed E-state index contributed by atoms with van der Waals surface area (Å²) in [6.07, 6.45) is 0. The van der Waals surface area contributed by atoms with Crippen LogP contribution in [-0.4, -0.2) is 8.61 Å². The van der Waals surface area contributed by atoms with Gasteiger partial charge in [-0.25, -0.2) is 0 Å². The van der Waals surface area contributed by atoms with E-state index in [1.54, 1.807) is 0 Å². The van der Waals surface area contributed by atoms with E-state index in [9.17, 15) is 0 Å². The van der Waals surface area contributed by atoms with Crippen LogP contribution in [-0.2, 0) is 0 Å². The molecule has 0 nitrogen and oxygen atoms in total. The molecule has 0 saturated carbocycles. The maximum absolute atomic E-state index is 5.62. The van der Waals surface area contributed by atoms with E-state index in [0.29, 0.717) is 0 Å². The lowest BCUT2D eigenvalue weighted by Crippen LogP contribution is -2.17. The average molecular weight is 250 g/mol. The first-order chi connectivity index (χ1) is 2.94. The molecule has 0 fully saturated rings. The van der Waals surface area contributed by atoms with E-state index < -0.39 is 0 Å². The van der Waals surface area contributed by atoms with Crippen molar-refractivity contribution in [1.82, 2.24) is 0 Å². The molecule has 0 aliphatic carbocycles. The van der Waals surface area contributed by atoms with Crippen LogP contribution in [0.4, 0.5) is 0 Å². The van der Waals surface area contributed by atoms with Crippen LogP contribution in [0.5, 0.6) is 0 Å². The summed E-state index contributed by atoms with van der Waals surface area (Å²) in [5.41, 5.74) is 0. The van der Waals surface area contributed by atoms with Gasteiger partial charge in [-0.15, -0.1) is 11.6 Å². The molecule has 0 radical (unpaired) electrons. The van der Waals surface area contributed by atoms with Crippen LogP contribution in [0.1, 0.15) is 13.8 Å². The topological polar surface area (TPSA) is 0 Å². The fourth-order valence-corrected chi connectivity index (χ4v) is 0. The van der Waals surface area contributed by atoms with Crippen molar-refractivity contribution < 1.29 is 0 Å². The second-order valence-corrected chi connectivity index (χ2v) is 5.79. The summed E-state index contributed by atoms with van der Waals surface area (Å²) in [6.45, 7) is 4.00. The Hall–Kier alpha value is 1.25. The smallest absolute Gasteiger partial charge is 0.103 e. The molecule has 0 spiro atoms. The number of rotatable bonds is 1. The van der Waals surface area contributed by atoms with Crippen LogP contribution in [0.25, 0.3) is 0 Å². The highest BCUT2D eigenvalue weighted by atomic mass is 79.9. The molecule has 3 heteroatoms. The van der Waals surface area contributed by atoms with Crippen molar-refractivity contribution in [3.63, 3.8) is 0 Å². The van der Waals surface area contributed by atoms with E-state index in [1.165, 1.54) is 0 Å². The zero-order chi connectivity index (χ0) is 6.08. The Labute approximate surface area is 65.9 Å². The Bertz CT molecular complexity index is 55.2. The van der Waals surface area contributed by atoms with Crippen LogP contribution < -0.4 is 0 Å². The van der Waals surface area contributed by atoms with E-state index in [4.69, 9.17) is 11.6 Å². The molecule has 1 unspecified atom stereocenters. The van der Waals surface area contributed by atoms with Crippen molar-refractivity contribution in [3.05, 3.63) is 0 Å². The van der Waals surface area contributed by atoms with Gasteiger partial charge in [0.15, 0.2) is 0 Å². The van der Waals surface area contributed by atoms with E-state index in [1.807, 2.05) is 13.8 Å². The van der Waals surface area contributed by atoms with Crippen molar-refractivity contribution in [1.29, 1.82) is 0 Å². The molecule has 44 valence electrons. The summed E-state index contributed by atoms with van der Waals surface area (Å²) < 4.78 is -0.00540. The third kappa shape index (κ3) is 3.80. The van der Waals surface area contributed by atoms with E-state index >= 15 is 0 Å². The Morgan fingerprint density at radius 1 is 1.57 bits per heavy atom. The lowest BCUT2D eigenvalue weighted by molar-refractivity contribution is 0.807. The Balaban J connectivity index is 3.54. The predicted molar refractivity (Wildman–Crippen MR) is 41.6 cm³/mol. The monoisotopic (exact) mass is 248 g/mol. The van der Waals surface area contributed by atoms with Crippen molar-refractivity contribution in [2.24, 2.45) is 0 Å². The first kappa shape index (κ1) is 8.25. The summed E-state index contributed by atoms with van der Waals surface area (Å²) in [5.74, 6) is 0. The van der Waals surface area contributed by atoms with Gasteiger partial charge in [-0.1, -0.05) is 31.9 Å². The molecule has 0 amide bonds. The van der Waals surface area contributed by atoms with Gasteiger partial charge in [0.2, 0.25) is 0 Å². The van der Waals surface area contributed by atoms with Crippen molar-refractivity contribution >= 4 is 43.5 Å². The highest BCUT2D eigenvalue weighted by molar-refractivity contribution is 9.13. The summed E-state index contributed by atoms with van der Waals surface area (Å²) in [4.78, 5) is 0. The van der Waals surface area contributed by atoms with Gasteiger partial charge in [0.1, 0.15) is 4.29 Å². The molecule has 0 aromatic heterocycles. The standard InChI is InChI=1S/C4H7Br2Cl/c1-4(2,6)3(5)7/h3H,1-2H3. The fraction of sp³-hybridized carbons (Fsp3) is 1.00. The van der Waals surface area contributed by atoms with Gasteiger partial charge < -0.3 is 0 Å². The third-order valence-electron chi connectivity index (χ3n) is 0.519. The molecular weight excluding hydrogens is 243 g/mol. The molecule has 0 N–H and O–H groups in total. The van der Waals surface area contributed by atoms with Gasteiger partial charge in [-0.05, 0) is 13.8 Å². The van der Waals surface area contributed by atoms with Gasteiger partial charge in [0.25, 0.3) is 0 Å². The number of alkyl halides is 3. The fourth-order valence-electron chi connectivity index (χ4n) is 0. The second kappa shape index (κ2) is 2.70. The Morgan fingerprint density at radius 2 is 1.71 bits per heavy atom. The first-order valence-electron chi connectivity index (χ1n) is 1.91. The van der Waals surface area contributed by atoms with E-state index in [2.05, 4.69) is 31.9 Å². The van der Waals surface area contributed by atoms with Gasteiger partial charge >= 0.3 is 0 Å². The molecule has 1 atom stereocenters. The van der Waals surface area contributed by atoms with Crippen LogP contribution in [0.2, 0.25) is 0 Å². The highest BCUT2D eigenvalue weighted by Crippen LogP contribution is 2.29. The molecule has 0 aromatic carbocycles. The summed E-state index contributed by atoms with van der Waals surface area (Å²) in [6, 6.07) is 0. The predicted octanol–water partition coefficient (Wildman–Crippen LogP) is 3.12. The van der Waals surface area contributed by atoms with Gasteiger partial charge in [-0.2, -0.15) is 0 Å². The van der Waals surface area contributed by atoms with Gasteiger partial charge in [0, 0.05) is 4.32 Å². The third-order valence-corrected chi connectivity index (χ3v) is 3.54. The molecule has 0 aromatic rings.